The average Bonchev–Trinajstić information content (AvgIpc) is 2.83. The summed E-state index contributed by atoms with van der Waals surface area (Å²) in [5.41, 5.74) is 0. The lowest BCUT2D eigenvalue weighted by molar-refractivity contribution is -0.158. The third kappa shape index (κ3) is 9.80. The summed E-state index contributed by atoms with van der Waals surface area (Å²) < 4.78 is 16.3. The van der Waals surface area contributed by atoms with Gasteiger partial charge in [-0.1, -0.05) is 54.5 Å². The molecule has 1 aliphatic heterocycles. The fourth-order valence-electron chi connectivity index (χ4n) is 2.53. The molecule has 1 aliphatic rings. The van der Waals surface area contributed by atoms with E-state index in [-0.39, 0.29) is 12.1 Å². The van der Waals surface area contributed by atoms with Crippen molar-refractivity contribution in [3.05, 3.63) is 0 Å². The van der Waals surface area contributed by atoms with Crippen molar-refractivity contribution in [3.63, 3.8) is 0 Å². The molecule has 1 fully saturated rings. The molecular formula is C17H31BrO4. The predicted molar refractivity (Wildman–Crippen MR) is 91.2 cm³/mol. The Labute approximate surface area is 143 Å². The lowest BCUT2D eigenvalue weighted by Gasteiger charge is -2.16. The van der Waals surface area contributed by atoms with E-state index in [2.05, 4.69) is 15.9 Å². The van der Waals surface area contributed by atoms with Crippen molar-refractivity contribution < 1.29 is 19.0 Å². The molecule has 0 radical (unpaired) electrons. The Morgan fingerprint density at radius 2 is 1.68 bits per heavy atom. The summed E-state index contributed by atoms with van der Waals surface area (Å²) in [6, 6.07) is 0. The molecule has 4 nitrogen and oxygen atoms in total. The molecular weight excluding hydrogens is 348 g/mol. The second kappa shape index (κ2) is 11.4. The van der Waals surface area contributed by atoms with Gasteiger partial charge in [0.25, 0.3) is 0 Å². The first kappa shape index (κ1) is 19.9. The highest BCUT2D eigenvalue weighted by Gasteiger charge is 2.33. The van der Waals surface area contributed by atoms with Gasteiger partial charge in [-0.3, -0.25) is 4.79 Å². The van der Waals surface area contributed by atoms with Gasteiger partial charge in [-0.25, -0.2) is 0 Å². The molecule has 0 aliphatic carbocycles. The lowest BCUT2D eigenvalue weighted by atomic mass is 10.1. The maximum absolute atomic E-state index is 11.6. The molecule has 130 valence electrons. The van der Waals surface area contributed by atoms with Gasteiger partial charge in [-0.2, -0.15) is 0 Å². The maximum atomic E-state index is 11.6. The van der Waals surface area contributed by atoms with Crippen molar-refractivity contribution in [2.75, 3.05) is 18.5 Å². The molecule has 22 heavy (non-hydrogen) atoms. The van der Waals surface area contributed by atoms with Crippen LogP contribution in [-0.2, 0) is 19.0 Å². The fourth-order valence-corrected chi connectivity index (χ4v) is 2.92. The molecule has 5 heteroatoms. The van der Waals surface area contributed by atoms with Crippen LogP contribution in [0.5, 0.6) is 0 Å². The van der Waals surface area contributed by atoms with Gasteiger partial charge < -0.3 is 14.2 Å². The summed E-state index contributed by atoms with van der Waals surface area (Å²) in [6.45, 7) is 4.54. The minimum atomic E-state index is -0.550. The summed E-state index contributed by atoms with van der Waals surface area (Å²) in [4.78, 5) is 11.6. The van der Waals surface area contributed by atoms with Crippen LogP contribution in [0.1, 0.15) is 71.6 Å². The van der Waals surface area contributed by atoms with Crippen LogP contribution in [0, 0.1) is 0 Å². The van der Waals surface area contributed by atoms with Gasteiger partial charge >= 0.3 is 5.97 Å². The molecule has 1 saturated heterocycles. The topological polar surface area (TPSA) is 44.8 Å². The lowest BCUT2D eigenvalue weighted by Crippen LogP contribution is -2.25. The second-order valence-corrected chi connectivity index (χ2v) is 7.19. The summed E-state index contributed by atoms with van der Waals surface area (Å²) in [5.74, 6) is -0.670. The van der Waals surface area contributed by atoms with Crippen molar-refractivity contribution in [1.82, 2.24) is 0 Å². The van der Waals surface area contributed by atoms with Gasteiger partial charge in [0.2, 0.25) is 0 Å². The van der Waals surface area contributed by atoms with Crippen LogP contribution in [-0.4, -0.2) is 36.4 Å². The van der Waals surface area contributed by atoms with Crippen LogP contribution >= 0.6 is 15.9 Å². The number of ether oxygens (including phenoxy) is 3. The largest absolute Gasteiger partial charge is 0.463 e. The molecule has 1 heterocycles. The van der Waals surface area contributed by atoms with E-state index in [9.17, 15) is 4.79 Å². The van der Waals surface area contributed by atoms with Crippen LogP contribution in [0.3, 0.4) is 0 Å². The number of carbonyl (C=O) groups excluding carboxylic acids is 1. The summed E-state index contributed by atoms with van der Waals surface area (Å²) >= 11 is 3.45. The van der Waals surface area contributed by atoms with Crippen molar-refractivity contribution in [2.24, 2.45) is 0 Å². The van der Waals surface area contributed by atoms with Gasteiger partial charge in [0, 0.05) is 11.8 Å². The highest BCUT2D eigenvalue weighted by Crippen LogP contribution is 2.22. The Kier molecular flexibility index (Phi) is 10.3. The van der Waals surface area contributed by atoms with Crippen LogP contribution in [0.4, 0.5) is 0 Å². The van der Waals surface area contributed by atoms with Crippen molar-refractivity contribution >= 4 is 21.9 Å². The zero-order valence-corrected chi connectivity index (χ0v) is 15.7. The van der Waals surface area contributed by atoms with Crippen LogP contribution in [0.15, 0.2) is 0 Å². The third-order valence-electron chi connectivity index (χ3n) is 3.76. The van der Waals surface area contributed by atoms with Gasteiger partial charge in [-0.15, -0.1) is 0 Å². The quantitative estimate of drug-likeness (QED) is 0.283. The van der Waals surface area contributed by atoms with Crippen LogP contribution in [0.25, 0.3) is 0 Å². The van der Waals surface area contributed by atoms with E-state index in [0.29, 0.717) is 19.6 Å². The van der Waals surface area contributed by atoms with E-state index < -0.39 is 5.79 Å². The second-order valence-electron chi connectivity index (χ2n) is 6.40. The van der Waals surface area contributed by atoms with Crippen LogP contribution in [0.2, 0.25) is 0 Å². The first-order chi connectivity index (χ1) is 10.5. The van der Waals surface area contributed by atoms with Crippen LogP contribution < -0.4 is 0 Å². The molecule has 0 bridgehead atoms. The van der Waals surface area contributed by atoms with Crippen molar-refractivity contribution in [3.8, 4) is 0 Å². The number of carbonyl (C=O) groups is 1. The van der Waals surface area contributed by atoms with E-state index in [1.807, 2.05) is 13.8 Å². The molecule has 0 aromatic heterocycles. The van der Waals surface area contributed by atoms with E-state index in [4.69, 9.17) is 14.2 Å². The Morgan fingerprint density at radius 1 is 1.09 bits per heavy atom. The Morgan fingerprint density at radius 3 is 2.23 bits per heavy atom. The number of halogens is 1. The van der Waals surface area contributed by atoms with E-state index >= 15 is 0 Å². The van der Waals surface area contributed by atoms with Gasteiger partial charge in [0.05, 0.1) is 6.61 Å². The number of rotatable bonds is 12. The fraction of sp³-hybridized carbons (Fsp3) is 0.941. The van der Waals surface area contributed by atoms with E-state index in [1.54, 1.807) is 0 Å². The highest BCUT2D eigenvalue weighted by molar-refractivity contribution is 9.09. The molecule has 0 aromatic carbocycles. The van der Waals surface area contributed by atoms with Gasteiger partial charge in [0.1, 0.15) is 12.7 Å². The minimum absolute atomic E-state index is 0.120. The number of hydrogen-bond donors (Lipinski definition) is 0. The standard InChI is InChI=1S/C17H31BrO4/c1-17(2)21-14-15(22-17)13-20-16(19)11-9-7-5-3-4-6-8-10-12-18/h15H,3-14H2,1-2H3/t15-/m0/s1. The van der Waals surface area contributed by atoms with Crippen molar-refractivity contribution in [1.29, 1.82) is 0 Å². The summed E-state index contributed by atoms with van der Waals surface area (Å²) in [5, 5.41) is 1.12. The molecule has 1 rings (SSSR count). The monoisotopic (exact) mass is 378 g/mol. The first-order valence-electron chi connectivity index (χ1n) is 8.57. The molecule has 0 unspecified atom stereocenters. The average molecular weight is 379 g/mol. The highest BCUT2D eigenvalue weighted by atomic mass is 79.9. The minimum Gasteiger partial charge on any atom is -0.463 e. The third-order valence-corrected chi connectivity index (χ3v) is 4.32. The molecule has 0 saturated carbocycles. The smallest absolute Gasteiger partial charge is 0.305 e. The summed E-state index contributed by atoms with van der Waals surface area (Å²) in [6.07, 6.45) is 10.2. The summed E-state index contributed by atoms with van der Waals surface area (Å²) in [7, 11) is 0. The SMILES string of the molecule is CC1(C)OC[C@H](COC(=O)CCCCCCCCCCBr)O1. The van der Waals surface area contributed by atoms with E-state index in [1.165, 1.54) is 38.5 Å². The zero-order chi connectivity index (χ0) is 16.3. The molecule has 0 spiro atoms. The van der Waals surface area contributed by atoms with Gasteiger partial charge in [-0.05, 0) is 26.7 Å². The molecule has 1 atom stereocenters. The zero-order valence-electron chi connectivity index (χ0n) is 14.1. The number of alkyl halides is 1. The van der Waals surface area contributed by atoms with Crippen molar-refractivity contribution in [2.45, 2.75) is 83.5 Å². The number of hydrogen-bond acceptors (Lipinski definition) is 4. The molecule has 0 amide bonds. The normalized spacial score (nSPS) is 20.2. The Balaban J connectivity index is 1.87. The predicted octanol–water partition coefficient (Wildman–Crippen LogP) is 4.59. The maximum Gasteiger partial charge on any atom is 0.305 e. The molecule has 0 aromatic rings. The first-order valence-corrected chi connectivity index (χ1v) is 9.69. The Hall–Kier alpha value is -0.130. The number of unbranched alkanes of at least 4 members (excludes halogenated alkanes) is 7. The molecule has 0 N–H and O–H groups in total. The van der Waals surface area contributed by atoms with E-state index in [0.717, 1.165) is 18.2 Å². The Bertz CT molecular complexity index is 307. The van der Waals surface area contributed by atoms with Gasteiger partial charge in [0.15, 0.2) is 5.79 Å². The number of esters is 1.